The molecule has 0 saturated carbocycles. The number of carbonyl (C=O) groups excluding carboxylic acids is 2. The fourth-order valence-corrected chi connectivity index (χ4v) is 4.58. The highest BCUT2D eigenvalue weighted by Gasteiger charge is 2.30. The minimum atomic E-state index is -4.45. The lowest BCUT2D eigenvalue weighted by Gasteiger charge is -2.28. The number of methoxy groups -OCH3 is 1. The Kier molecular flexibility index (Phi) is 10.7. The monoisotopic (exact) mass is 581 g/mol. The molecule has 3 aromatic carbocycles. The molecule has 0 spiro atoms. The van der Waals surface area contributed by atoms with E-state index in [9.17, 15) is 22.8 Å². The fourth-order valence-electron chi connectivity index (χ4n) is 4.58. The Hall–Kier alpha value is -4.15. The van der Waals surface area contributed by atoms with E-state index in [-0.39, 0.29) is 51.3 Å². The second-order valence-electron chi connectivity index (χ2n) is 9.91. The highest BCUT2D eigenvalue weighted by Crippen LogP contribution is 2.29. The van der Waals surface area contributed by atoms with Gasteiger partial charge in [0.1, 0.15) is 6.61 Å². The standard InChI is InChI=1S/C32H34F3N3O4/c1-41-18-17-38(31(40)23-42-22-25-7-3-2-4-8-25)21-30(39)37(20-24-11-13-27(14-12-24)32(33,34)35)16-15-26-19-36-29-10-6-5-9-28(26)29/h2-14,19,36H,15-18,20-23H2,1H3. The first kappa shape index (κ1) is 30.8. The van der Waals surface area contributed by atoms with Crippen molar-refractivity contribution in [1.29, 1.82) is 0 Å². The predicted molar refractivity (Wildman–Crippen MR) is 153 cm³/mol. The molecule has 1 heterocycles. The van der Waals surface area contributed by atoms with Gasteiger partial charge in [0.15, 0.2) is 0 Å². The number of para-hydroxylation sites is 1. The lowest BCUT2D eigenvalue weighted by Crippen LogP contribution is -2.45. The van der Waals surface area contributed by atoms with Crippen LogP contribution in [0.5, 0.6) is 0 Å². The van der Waals surface area contributed by atoms with Gasteiger partial charge in [-0.1, -0.05) is 60.7 Å². The van der Waals surface area contributed by atoms with Gasteiger partial charge in [0, 0.05) is 43.8 Å². The Bertz CT molecular complexity index is 1440. The summed E-state index contributed by atoms with van der Waals surface area (Å²) in [5, 5.41) is 1.03. The van der Waals surface area contributed by atoms with Gasteiger partial charge >= 0.3 is 6.18 Å². The number of amides is 2. The number of rotatable bonds is 14. The van der Waals surface area contributed by atoms with E-state index in [1.54, 1.807) is 4.90 Å². The van der Waals surface area contributed by atoms with Crippen LogP contribution in [0.2, 0.25) is 0 Å². The molecule has 4 rings (SSSR count). The van der Waals surface area contributed by atoms with Crippen molar-refractivity contribution in [1.82, 2.24) is 14.8 Å². The Balaban J connectivity index is 1.47. The second-order valence-corrected chi connectivity index (χ2v) is 9.91. The van der Waals surface area contributed by atoms with Crippen molar-refractivity contribution in [2.45, 2.75) is 25.7 Å². The van der Waals surface area contributed by atoms with Crippen LogP contribution in [0.4, 0.5) is 13.2 Å². The normalized spacial score (nSPS) is 11.5. The number of fused-ring (bicyclic) bond motifs is 1. The van der Waals surface area contributed by atoms with Crippen LogP contribution in [-0.2, 0) is 44.8 Å². The van der Waals surface area contributed by atoms with Crippen LogP contribution in [0.3, 0.4) is 0 Å². The summed E-state index contributed by atoms with van der Waals surface area (Å²) < 4.78 is 50.0. The number of aromatic amines is 1. The van der Waals surface area contributed by atoms with Gasteiger partial charge in [0.25, 0.3) is 0 Å². The number of H-pyrrole nitrogens is 1. The van der Waals surface area contributed by atoms with Crippen LogP contribution < -0.4 is 0 Å². The smallest absolute Gasteiger partial charge is 0.383 e. The molecule has 222 valence electrons. The first-order chi connectivity index (χ1) is 20.2. The summed E-state index contributed by atoms with van der Waals surface area (Å²) in [5.74, 6) is -0.690. The number of ether oxygens (including phenoxy) is 2. The van der Waals surface area contributed by atoms with Crippen LogP contribution in [-0.4, -0.2) is 66.6 Å². The van der Waals surface area contributed by atoms with Crippen LogP contribution >= 0.6 is 0 Å². The Morgan fingerprint density at radius 3 is 2.26 bits per heavy atom. The Morgan fingerprint density at radius 2 is 1.55 bits per heavy atom. The maximum atomic E-state index is 13.6. The van der Waals surface area contributed by atoms with Gasteiger partial charge in [0.05, 0.1) is 25.3 Å². The molecule has 10 heteroatoms. The van der Waals surface area contributed by atoms with E-state index in [4.69, 9.17) is 9.47 Å². The average Bonchev–Trinajstić information content (AvgIpc) is 3.40. The Labute approximate surface area is 242 Å². The zero-order chi connectivity index (χ0) is 30.0. The molecule has 0 radical (unpaired) electrons. The summed E-state index contributed by atoms with van der Waals surface area (Å²) in [6.45, 7) is 0.641. The lowest BCUT2D eigenvalue weighted by atomic mass is 10.1. The number of carbonyl (C=O) groups is 2. The highest BCUT2D eigenvalue weighted by atomic mass is 19.4. The van der Waals surface area contributed by atoms with E-state index in [1.165, 1.54) is 24.1 Å². The molecule has 0 saturated heterocycles. The number of nitrogens with zero attached hydrogens (tertiary/aromatic N) is 2. The minimum absolute atomic E-state index is 0.0934. The molecule has 1 N–H and O–H groups in total. The number of benzene rings is 3. The van der Waals surface area contributed by atoms with Crippen molar-refractivity contribution in [3.8, 4) is 0 Å². The fraction of sp³-hybridized carbons (Fsp3) is 0.312. The van der Waals surface area contributed by atoms with Crippen LogP contribution in [0.15, 0.2) is 85.1 Å². The summed E-state index contributed by atoms with van der Waals surface area (Å²) in [6.07, 6.45) is -2.04. The van der Waals surface area contributed by atoms with Crippen molar-refractivity contribution in [2.75, 3.05) is 40.0 Å². The van der Waals surface area contributed by atoms with Gasteiger partial charge in [-0.25, -0.2) is 0 Å². The number of hydrogen-bond acceptors (Lipinski definition) is 4. The lowest BCUT2D eigenvalue weighted by molar-refractivity contribution is -0.144. The average molecular weight is 582 g/mol. The van der Waals surface area contributed by atoms with E-state index in [0.717, 1.165) is 34.2 Å². The molecular weight excluding hydrogens is 547 g/mol. The second kappa shape index (κ2) is 14.7. The van der Waals surface area contributed by atoms with Gasteiger partial charge in [-0.05, 0) is 41.3 Å². The molecule has 0 unspecified atom stereocenters. The van der Waals surface area contributed by atoms with E-state index >= 15 is 0 Å². The molecule has 1 aromatic heterocycles. The number of nitrogens with one attached hydrogen (secondary N) is 1. The van der Waals surface area contributed by atoms with Gasteiger partial charge in [-0.2, -0.15) is 13.2 Å². The number of halogens is 3. The zero-order valence-corrected chi connectivity index (χ0v) is 23.4. The Morgan fingerprint density at radius 1 is 0.833 bits per heavy atom. The third-order valence-electron chi connectivity index (χ3n) is 6.91. The molecule has 0 aliphatic carbocycles. The van der Waals surface area contributed by atoms with E-state index in [2.05, 4.69) is 4.98 Å². The summed E-state index contributed by atoms with van der Waals surface area (Å²) >= 11 is 0. The number of aromatic nitrogens is 1. The van der Waals surface area contributed by atoms with Crippen molar-refractivity contribution < 1.29 is 32.2 Å². The highest BCUT2D eigenvalue weighted by molar-refractivity contribution is 5.86. The number of hydrogen-bond donors (Lipinski definition) is 1. The molecule has 2 amide bonds. The quantitative estimate of drug-likeness (QED) is 0.215. The maximum Gasteiger partial charge on any atom is 0.416 e. The maximum absolute atomic E-state index is 13.6. The van der Waals surface area contributed by atoms with Gasteiger partial charge < -0.3 is 24.3 Å². The molecule has 4 aromatic rings. The summed E-state index contributed by atoms with van der Waals surface area (Å²) in [7, 11) is 1.51. The van der Waals surface area contributed by atoms with Gasteiger partial charge in [-0.15, -0.1) is 0 Å². The molecule has 0 fully saturated rings. The van der Waals surface area contributed by atoms with E-state index in [1.807, 2.05) is 60.8 Å². The van der Waals surface area contributed by atoms with Crippen molar-refractivity contribution in [3.63, 3.8) is 0 Å². The molecule has 0 atom stereocenters. The summed E-state index contributed by atoms with van der Waals surface area (Å²) in [4.78, 5) is 32.9. The third kappa shape index (κ3) is 8.67. The van der Waals surface area contributed by atoms with Crippen LogP contribution in [0.25, 0.3) is 10.9 Å². The molecule has 42 heavy (non-hydrogen) atoms. The van der Waals surface area contributed by atoms with Crippen molar-refractivity contribution in [2.24, 2.45) is 0 Å². The molecule has 0 bridgehead atoms. The van der Waals surface area contributed by atoms with E-state index in [0.29, 0.717) is 18.5 Å². The first-order valence-electron chi connectivity index (χ1n) is 13.6. The van der Waals surface area contributed by atoms with Crippen molar-refractivity contribution in [3.05, 3.63) is 107 Å². The number of alkyl halides is 3. The van der Waals surface area contributed by atoms with Crippen LogP contribution in [0, 0.1) is 0 Å². The molecule has 7 nitrogen and oxygen atoms in total. The zero-order valence-electron chi connectivity index (χ0n) is 23.4. The van der Waals surface area contributed by atoms with E-state index < -0.39 is 11.7 Å². The van der Waals surface area contributed by atoms with Gasteiger partial charge in [-0.3, -0.25) is 9.59 Å². The first-order valence-corrected chi connectivity index (χ1v) is 13.6. The minimum Gasteiger partial charge on any atom is -0.383 e. The molecule has 0 aliphatic heterocycles. The van der Waals surface area contributed by atoms with Crippen molar-refractivity contribution >= 4 is 22.7 Å². The largest absolute Gasteiger partial charge is 0.416 e. The van der Waals surface area contributed by atoms with Gasteiger partial charge in [0.2, 0.25) is 11.8 Å². The third-order valence-corrected chi connectivity index (χ3v) is 6.91. The predicted octanol–water partition coefficient (Wildman–Crippen LogP) is 5.45. The molecular formula is C32H34F3N3O4. The summed E-state index contributed by atoms with van der Waals surface area (Å²) in [6, 6.07) is 22.0. The summed E-state index contributed by atoms with van der Waals surface area (Å²) in [5.41, 5.74) is 2.70. The molecule has 0 aliphatic rings. The topological polar surface area (TPSA) is 74.9 Å². The van der Waals surface area contributed by atoms with Crippen LogP contribution in [0.1, 0.15) is 22.3 Å². The SMILES string of the molecule is COCCN(CC(=O)N(CCc1c[nH]c2ccccc12)Cc1ccc(C(F)(F)F)cc1)C(=O)COCc1ccccc1.